The van der Waals surface area contributed by atoms with Crippen LogP contribution in [0, 0.1) is 0 Å². The van der Waals surface area contributed by atoms with Crippen LogP contribution in [-0.2, 0) is 12.8 Å². The normalized spacial score (nSPS) is 14.0. The minimum absolute atomic E-state index is 0.734. The molecule has 1 heterocycles. The molecule has 0 saturated heterocycles. The number of aromatic nitrogens is 1. The zero-order valence-corrected chi connectivity index (χ0v) is 10.3. The van der Waals surface area contributed by atoms with Gasteiger partial charge in [-0.2, -0.15) is 0 Å². The van der Waals surface area contributed by atoms with Crippen LogP contribution in [0.4, 0.5) is 17.2 Å². The van der Waals surface area contributed by atoms with E-state index in [2.05, 4.69) is 28.5 Å². The molecule has 0 radical (unpaired) electrons. The van der Waals surface area contributed by atoms with E-state index in [9.17, 15) is 0 Å². The molecule has 0 unspecified atom stereocenters. The van der Waals surface area contributed by atoms with E-state index in [-0.39, 0.29) is 0 Å². The van der Waals surface area contributed by atoms with Crippen molar-refractivity contribution in [2.75, 3.05) is 11.1 Å². The Labute approximate surface area is 107 Å². The number of nitrogen functional groups attached to an aromatic ring is 1. The smallest absolute Gasteiger partial charge is 0.132 e. The highest BCUT2D eigenvalue weighted by Crippen LogP contribution is 2.29. The first kappa shape index (κ1) is 11.1. The Kier molecular flexibility index (Phi) is 2.89. The Morgan fingerprint density at radius 1 is 1.11 bits per heavy atom. The standard InChI is InChI=1S/C15H17N3/c16-12-8-9-17-15(10-12)18-14-7-3-5-11-4-1-2-6-13(11)14/h3,5,7-10H,1-2,4,6H2,(H3,16,17,18). The molecule has 18 heavy (non-hydrogen) atoms. The number of nitrogens with zero attached hydrogens (tertiary/aromatic N) is 1. The SMILES string of the molecule is Nc1ccnc(Nc2cccc3c2CCCC3)c1. The maximum absolute atomic E-state index is 5.77. The molecule has 92 valence electrons. The number of anilines is 3. The van der Waals surface area contributed by atoms with Gasteiger partial charge in [0.05, 0.1) is 0 Å². The van der Waals surface area contributed by atoms with Crippen molar-refractivity contribution >= 4 is 17.2 Å². The minimum atomic E-state index is 0.734. The molecule has 0 bridgehead atoms. The predicted molar refractivity (Wildman–Crippen MR) is 75.0 cm³/mol. The average Bonchev–Trinajstić information content (AvgIpc) is 2.39. The molecular weight excluding hydrogens is 222 g/mol. The highest BCUT2D eigenvalue weighted by molar-refractivity contribution is 5.64. The molecular formula is C15H17N3. The maximum Gasteiger partial charge on any atom is 0.132 e. The Hall–Kier alpha value is -2.03. The largest absolute Gasteiger partial charge is 0.399 e. The van der Waals surface area contributed by atoms with Gasteiger partial charge < -0.3 is 11.1 Å². The first-order valence-electron chi connectivity index (χ1n) is 6.42. The van der Waals surface area contributed by atoms with Gasteiger partial charge in [-0.3, -0.25) is 0 Å². The molecule has 0 spiro atoms. The van der Waals surface area contributed by atoms with Gasteiger partial charge >= 0.3 is 0 Å². The highest BCUT2D eigenvalue weighted by atomic mass is 15.0. The molecule has 1 aromatic heterocycles. The van der Waals surface area contributed by atoms with E-state index in [1.54, 1.807) is 12.3 Å². The third-order valence-electron chi connectivity index (χ3n) is 3.44. The predicted octanol–water partition coefficient (Wildman–Crippen LogP) is 3.29. The Morgan fingerprint density at radius 3 is 2.89 bits per heavy atom. The molecule has 1 aliphatic rings. The van der Waals surface area contributed by atoms with Crippen LogP contribution in [0.5, 0.6) is 0 Å². The summed E-state index contributed by atoms with van der Waals surface area (Å²) in [7, 11) is 0. The molecule has 3 rings (SSSR count). The summed E-state index contributed by atoms with van der Waals surface area (Å²) < 4.78 is 0. The van der Waals surface area contributed by atoms with Gasteiger partial charge in [0.1, 0.15) is 5.82 Å². The quantitative estimate of drug-likeness (QED) is 0.845. The van der Waals surface area contributed by atoms with Crippen molar-refractivity contribution < 1.29 is 0 Å². The summed E-state index contributed by atoms with van der Waals surface area (Å²) in [5.74, 6) is 0.814. The zero-order chi connectivity index (χ0) is 12.4. The highest BCUT2D eigenvalue weighted by Gasteiger charge is 2.12. The lowest BCUT2D eigenvalue weighted by molar-refractivity contribution is 0.687. The number of benzene rings is 1. The third kappa shape index (κ3) is 2.16. The van der Waals surface area contributed by atoms with Crippen LogP contribution < -0.4 is 11.1 Å². The molecule has 0 fully saturated rings. The van der Waals surface area contributed by atoms with Crippen molar-refractivity contribution in [2.45, 2.75) is 25.7 Å². The lowest BCUT2D eigenvalue weighted by atomic mass is 9.90. The molecule has 0 atom stereocenters. The van der Waals surface area contributed by atoms with Crippen LogP contribution in [-0.4, -0.2) is 4.98 Å². The molecule has 1 aliphatic carbocycles. The summed E-state index contributed by atoms with van der Waals surface area (Å²) in [5, 5.41) is 3.38. The van der Waals surface area contributed by atoms with Crippen LogP contribution >= 0.6 is 0 Å². The fourth-order valence-electron chi connectivity index (χ4n) is 2.55. The molecule has 0 saturated carbocycles. The van der Waals surface area contributed by atoms with E-state index in [4.69, 9.17) is 5.73 Å². The lowest BCUT2D eigenvalue weighted by Crippen LogP contribution is -2.06. The third-order valence-corrected chi connectivity index (χ3v) is 3.44. The topological polar surface area (TPSA) is 50.9 Å². The first-order chi connectivity index (χ1) is 8.83. The Morgan fingerprint density at radius 2 is 2.00 bits per heavy atom. The van der Waals surface area contributed by atoms with Gasteiger partial charge in [-0.15, -0.1) is 0 Å². The van der Waals surface area contributed by atoms with Crippen molar-refractivity contribution in [3.8, 4) is 0 Å². The van der Waals surface area contributed by atoms with E-state index >= 15 is 0 Å². The molecule has 0 aliphatic heterocycles. The summed E-state index contributed by atoms with van der Waals surface area (Å²) in [5.41, 5.74) is 10.6. The van der Waals surface area contributed by atoms with Gasteiger partial charge in [-0.25, -0.2) is 4.98 Å². The van der Waals surface area contributed by atoms with Gasteiger partial charge in [-0.1, -0.05) is 12.1 Å². The van der Waals surface area contributed by atoms with Gasteiger partial charge in [0.15, 0.2) is 0 Å². The number of hydrogen-bond acceptors (Lipinski definition) is 3. The number of pyridine rings is 1. The fourth-order valence-corrected chi connectivity index (χ4v) is 2.55. The summed E-state index contributed by atoms with van der Waals surface area (Å²) in [6.07, 6.45) is 6.64. The van der Waals surface area contributed by atoms with Crippen molar-refractivity contribution in [3.05, 3.63) is 47.7 Å². The van der Waals surface area contributed by atoms with Gasteiger partial charge in [-0.05, 0) is 48.9 Å². The minimum Gasteiger partial charge on any atom is -0.399 e. The average molecular weight is 239 g/mol. The van der Waals surface area contributed by atoms with Gasteiger partial charge in [0.25, 0.3) is 0 Å². The summed E-state index contributed by atoms with van der Waals surface area (Å²) in [4.78, 5) is 4.29. The molecule has 1 aromatic carbocycles. The van der Waals surface area contributed by atoms with Crippen molar-refractivity contribution in [1.29, 1.82) is 0 Å². The second-order valence-corrected chi connectivity index (χ2v) is 4.75. The van der Waals surface area contributed by atoms with Crippen LogP contribution in [0.2, 0.25) is 0 Å². The first-order valence-corrected chi connectivity index (χ1v) is 6.42. The maximum atomic E-state index is 5.77. The summed E-state index contributed by atoms with van der Waals surface area (Å²) in [6.45, 7) is 0. The number of hydrogen-bond donors (Lipinski definition) is 2. The van der Waals surface area contributed by atoms with Crippen molar-refractivity contribution in [2.24, 2.45) is 0 Å². The molecule has 3 N–H and O–H groups in total. The number of nitrogens with two attached hydrogens (primary N) is 1. The molecule has 3 heteroatoms. The van der Waals surface area contributed by atoms with E-state index in [1.807, 2.05) is 6.07 Å². The van der Waals surface area contributed by atoms with E-state index in [0.717, 1.165) is 17.9 Å². The van der Waals surface area contributed by atoms with Crippen LogP contribution in [0.1, 0.15) is 24.0 Å². The number of fused-ring (bicyclic) bond motifs is 1. The van der Waals surface area contributed by atoms with E-state index in [1.165, 1.54) is 36.1 Å². The second-order valence-electron chi connectivity index (χ2n) is 4.75. The second kappa shape index (κ2) is 4.69. The molecule has 0 amide bonds. The molecule has 3 nitrogen and oxygen atoms in total. The number of aryl methyl sites for hydroxylation is 1. The fraction of sp³-hybridized carbons (Fsp3) is 0.267. The monoisotopic (exact) mass is 239 g/mol. The van der Waals surface area contributed by atoms with Gasteiger partial charge in [0, 0.05) is 23.6 Å². The molecule has 2 aromatic rings. The Bertz CT molecular complexity index is 563. The summed E-state index contributed by atoms with van der Waals surface area (Å²) in [6, 6.07) is 10.1. The van der Waals surface area contributed by atoms with Crippen LogP contribution in [0.25, 0.3) is 0 Å². The van der Waals surface area contributed by atoms with Gasteiger partial charge in [0.2, 0.25) is 0 Å². The number of rotatable bonds is 2. The zero-order valence-electron chi connectivity index (χ0n) is 10.3. The van der Waals surface area contributed by atoms with E-state index in [0.29, 0.717) is 0 Å². The van der Waals surface area contributed by atoms with E-state index < -0.39 is 0 Å². The Balaban J connectivity index is 1.93. The van der Waals surface area contributed by atoms with Crippen molar-refractivity contribution in [3.63, 3.8) is 0 Å². The lowest BCUT2D eigenvalue weighted by Gasteiger charge is -2.19. The summed E-state index contributed by atoms with van der Waals surface area (Å²) >= 11 is 0. The van der Waals surface area contributed by atoms with Crippen LogP contribution in [0.15, 0.2) is 36.5 Å². The van der Waals surface area contributed by atoms with Crippen molar-refractivity contribution in [1.82, 2.24) is 4.98 Å². The number of nitrogens with one attached hydrogen (secondary N) is 1. The van der Waals surface area contributed by atoms with Crippen LogP contribution in [0.3, 0.4) is 0 Å².